The van der Waals surface area contributed by atoms with Crippen molar-refractivity contribution in [3.63, 3.8) is 0 Å². The molecule has 0 aliphatic carbocycles. The number of amidine groups is 1. The molecule has 5 amide bonds. The Balaban J connectivity index is 1.41. The van der Waals surface area contributed by atoms with Crippen LogP contribution in [0.2, 0.25) is 0 Å². The van der Waals surface area contributed by atoms with Crippen molar-refractivity contribution in [2.24, 2.45) is 10.9 Å². The van der Waals surface area contributed by atoms with Gasteiger partial charge >= 0.3 is 36.3 Å². The van der Waals surface area contributed by atoms with Crippen molar-refractivity contribution in [1.82, 2.24) is 36.0 Å². The number of hydrogen-bond acceptors (Lipinski definition) is 27. The number of alkyl carbamates (subject to hydrolysis) is 1. The van der Waals surface area contributed by atoms with Gasteiger partial charge in [0, 0.05) is 59.7 Å². The zero-order chi connectivity index (χ0) is 73.7. The molecule has 99 heavy (non-hydrogen) atoms. The van der Waals surface area contributed by atoms with Gasteiger partial charge in [-0.15, -0.1) is 6.42 Å². The molecule has 33 nitrogen and oxygen atoms in total. The molecule has 0 bridgehead atoms. The smallest absolute Gasteiger partial charge is 0.435 e. The highest BCUT2D eigenvalue weighted by atomic mass is 16.8. The number of aliphatic imine (C=N–C) groups is 1. The molecular formula is C66H108N8O25. The molecule has 4 heterocycles. The molecular weight excluding hydrogens is 1300 g/mol. The number of methoxy groups -OCH3 is 2. The number of esters is 2. The van der Waals surface area contributed by atoms with Crippen LogP contribution in [0.1, 0.15) is 90.0 Å². The number of ether oxygens (including phenoxy) is 18. The highest BCUT2D eigenvalue weighted by Gasteiger charge is 2.52. The number of carbonyl (C=O) groups excluding carboxylic acids is 7. The average Bonchev–Trinajstić information content (AvgIpc) is 1.78. The lowest BCUT2D eigenvalue weighted by atomic mass is 9.87. The van der Waals surface area contributed by atoms with E-state index in [2.05, 4.69) is 43.7 Å². The van der Waals surface area contributed by atoms with Crippen LogP contribution < -0.4 is 21.3 Å². The molecule has 0 unspecified atom stereocenters. The number of nitrogens with zero attached hydrogens (tertiary/aromatic N) is 4. The van der Waals surface area contributed by atoms with E-state index in [0.29, 0.717) is 65.9 Å². The monoisotopic (exact) mass is 1410 g/mol. The van der Waals surface area contributed by atoms with Gasteiger partial charge in [-0.1, -0.05) is 19.4 Å². The molecule has 10 atom stereocenters. The summed E-state index contributed by atoms with van der Waals surface area (Å²) in [6.45, 7) is 30.2. The summed E-state index contributed by atoms with van der Waals surface area (Å²) in [6.07, 6.45) is -1.83. The van der Waals surface area contributed by atoms with Gasteiger partial charge in [0.1, 0.15) is 47.8 Å². The van der Waals surface area contributed by atoms with Gasteiger partial charge in [0.05, 0.1) is 118 Å². The molecule has 0 aromatic rings. The molecule has 0 radical (unpaired) electrons. The molecule has 0 aromatic heterocycles. The predicted molar refractivity (Wildman–Crippen MR) is 354 cm³/mol. The van der Waals surface area contributed by atoms with E-state index >= 15 is 0 Å². The summed E-state index contributed by atoms with van der Waals surface area (Å²) in [5.74, 6) is -2.85. The molecule has 2 saturated heterocycles. The van der Waals surface area contributed by atoms with Gasteiger partial charge in [-0.25, -0.2) is 28.8 Å². The Labute approximate surface area is 581 Å². The Morgan fingerprint density at radius 3 is 1.48 bits per heavy atom. The van der Waals surface area contributed by atoms with Crippen molar-refractivity contribution < 1.29 is 119 Å². The number of terminal acetylenes is 1. The topological polar surface area (TPSA) is 356 Å². The molecule has 4 aliphatic heterocycles. The standard InChI is InChI=1S/C66H108N8O25/c1-20-26-84-32-34-88-36-37-89-35-33-87-31-25-74(23-29-85-27-21-72(16)61(80)94-54(50-40-90-65(12,13)96-50)53-42(2)46(38-48(92-53)57(76)82-18)67-43(3)69-59(78)98-63(6,7)8)24-30-86-28-22-73(17)62(81)95-55(51-41-91-66(14,15)97-51)56-52(71-45(5)75)47(39-49(93-56)58(77)83-19)68-44(4)70-60(79)99-64(9,10)11/h1,38-39,42,46-47,50-56,67H,3,21-37,40-41H2,2,4-19H3,(H,69,78)(H,71,75)(H,68,70,79)/t42-,46+,47+,50-,51-,52-,53-,54-,55-,56-/m1/s1. The Morgan fingerprint density at radius 2 is 1.05 bits per heavy atom. The van der Waals surface area contributed by atoms with Crippen molar-refractivity contribution in [2.75, 3.05) is 154 Å². The van der Waals surface area contributed by atoms with E-state index in [4.69, 9.17) is 91.7 Å². The maximum atomic E-state index is 14.1. The van der Waals surface area contributed by atoms with Crippen LogP contribution in [0.5, 0.6) is 0 Å². The summed E-state index contributed by atoms with van der Waals surface area (Å²) >= 11 is 0. The second-order valence-corrected chi connectivity index (χ2v) is 26.4. The van der Waals surface area contributed by atoms with Crippen LogP contribution in [-0.2, 0) is 99.6 Å². The number of carbonyl (C=O) groups is 7. The maximum Gasteiger partial charge on any atom is 0.435 e. The lowest BCUT2D eigenvalue weighted by Gasteiger charge is -2.42. The van der Waals surface area contributed by atoms with Crippen molar-refractivity contribution in [2.45, 2.75) is 168 Å². The summed E-state index contributed by atoms with van der Waals surface area (Å²) in [6, 6.07) is -2.80. The second kappa shape index (κ2) is 41.0. The van der Waals surface area contributed by atoms with Crippen LogP contribution >= 0.6 is 0 Å². The van der Waals surface area contributed by atoms with Gasteiger partial charge < -0.3 is 111 Å². The zero-order valence-electron chi connectivity index (χ0n) is 60.6. The fourth-order valence-corrected chi connectivity index (χ4v) is 10.1. The summed E-state index contributed by atoms with van der Waals surface area (Å²) in [7, 11) is 5.40. The van der Waals surface area contributed by atoms with Crippen molar-refractivity contribution in [3.8, 4) is 12.3 Å². The van der Waals surface area contributed by atoms with Gasteiger partial charge in [0.25, 0.3) is 0 Å². The highest BCUT2D eigenvalue weighted by Crippen LogP contribution is 2.36. The molecule has 0 aromatic carbocycles. The Kier molecular flexibility index (Phi) is 34.9. The molecule has 4 N–H and O–H groups in total. The normalized spacial score (nSPS) is 22.5. The van der Waals surface area contributed by atoms with Gasteiger partial charge in [-0.3, -0.25) is 15.0 Å². The number of hydrogen-bond donors (Lipinski definition) is 4. The third kappa shape index (κ3) is 31.1. The Morgan fingerprint density at radius 1 is 0.626 bits per heavy atom. The van der Waals surface area contributed by atoms with Gasteiger partial charge in [-0.2, -0.15) is 4.99 Å². The fourth-order valence-electron chi connectivity index (χ4n) is 10.1. The van der Waals surface area contributed by atoms with Crippen molar-refractivity contribution in [1.29, 1.82) is 0 Å². The molecule has 33 heteroatoms. The van der Waals surface area contributed by atoms with E-state index in [-0.39, 0.29) is 82.5 Å². The van der Waals surface area contributed by atoms with E-state index in [0.717, 1.165) is 7.11 Å². The van der Waals surface area contributed by atoms with Crippen LogP contribution in [0.3, 0.4) is 0 Å². The second-order valence-electron chi connectivity index (χ2n) is 26.4. The van der Waals surface area contributed by atoms with E-state index in [9.17, 15) is 33.6 Å². The number of nitrogens with one attached hydrogen (secondary N) is 4. The van der Waals surface area contributed by atoms with Crippen molar-refractivity contribution >= 4 is 48.1 Å². The summed E-state index contributed by atoms with van der Waals surface area (Å²) in [4.78, 5) is 101. The minimum atomic E-state index is -1.34. The first-order valence-electron chi connectivity index (χ1n) is 32.8. The minimum Gasteiger partial charge on any atom is -0.479 e. The summed E-state index contributed by atoms with van der Waals surface area (Å²) in [5, 5.41) is 11.6. The van der Waals surface area contributed by atoms with Crippen LogP contribution in [0.25, 0.3) is 0 Å². The lowest BCUT2D eigenvalue weighted by molar-refractivity contribution is -0.172. The van der Waals surface area contributed by atoms with E-state index in [1.807, 2.05) is 0 Å². The molecule has 4 aliphatic rings. The van der Waals surface area contributed by atoms with Gasteiger partial charge in [-0.05, 0) is 88.3 Å². The van der Waals surface area contributed by atoms with Crippen molar-refractivity contribution in [3.05, 3.63) is 36.1 Å². The van der Waals surface area contributed by atoms with Crippen LogP contribution in [0.4, 0.5) is 19.2 Å². The van der Waals surface area contributed by atoms with E-state index in [1.54, 1.807) is 83.2 Å². The third-order valence-corrected chi connectivity index (χ3v) is 14.8. The number of rotatable bonds is 38. The molecule has 562 valence electrons. The Bertz CT molecular complexity index is 2760. The number of likely N-dealkylation sites (N-methyl/N-ethyl adjacent to an activating group) is 2. The quantitative estimate of drug-likeness (QED) is 0.0172. The van der Waals surface area contributed by atoms with Gasteiger partial charge in [0.15, 0.2) is 29.9 Å². The fraction of sp³-hybridized carbons (Fsp3) is 0.758. The molecule has 0 saturated carbocycles. The molecule has 2 fully saturated rings. The van der Waals surface area contributed by atoms with Gasteiger partial charge in [0.2, 0.25) is 17.4 Å². The SMILES string of the molecule is C#CCOCCOCCOCCOCCN(CCOCCN(C)C(=O)O[C@@H]([C@@H]1OC(C(=O)OC)=C[C@H](NC(=C)NC(=O)OC(C)(C)C)[C@H]1C)[C@H]1COC(C)(C)O1)CCOCCN(C)C(=O)O[C@@H]([C@@H]1OC(C(=O)OC)=C[C@H](N/C(C)=N\C(=O)OC(C)(C)C)[C@H]1NC(C)=O)[C@H]1COC(C)(C)O1. The first kappa shape index (κ1) is 84.3. The Hall–Kier alpha value is -7.10. The largest absolute Gasteiger partial charge is 0.479 e. The first-order chi connectivity index (χ1) is 46.5. The third-order valence-electron chi connectivity index (χ3n) is 14.8. The van der Waals surface area contributed by atoms with Crippen LogP contribution in [0.15, 0.2) is 41.1 Å². The minimum absolute atomic E-state index is 0.0195. The summed E-state index contributed by atoms with van der Waals surface area (Å²) in [5.41, 5.74) is -1.63. The lowest BCUT2D eigenvalue weighted by Crippen LogP contribution is -2.64. The highest BCUT2D eigenvalue weighted by molar-refractivity contribution is 5.91. The maximum absolute atomic E-state index is 14.1. The number of amides is 5. The zero-order valence-corrected chi connectivity index (χ0v) is 60.6. The average molecular weight is 1410 g/mol. The van der Waals surface area contributed by atoms with E-state index in [1.165, 1.54) is 50.0 Å². The van der Waals surface area contributed by atoms with Crippen LogP contribution in [-0.4, -0.2) is 294 Å². The summed E-state index contributed by atoms with van der Waals surface area (Å²) < 4.78 is 104. The first-order valence-corrected chi connectivity index (χ1v) is 32.8. The van der Waals surface area contributed by atoms with E-state index < -0.39 is 126 Å². The molecule has 0 spiro atoms. The molecule has 4 rings (SSSR count). The van der Waals surface area contributed by atoms with Crippen LogP contribution in [0, 0.1) is 18.3 Å². The predicted octanol–water partition coefficient (Wildman–Crippen LogP) is 3.52.